The fraction of sp³-hybridized carbons (Fsp3) is 0.714. The SMILES string of the molecule is CC[C@H](C)[C@@H]1N=C(N)NC1=O. The van der Waals surface area contributed by atoms with Gasteiger partial charge in [-0.15, -0.1) is 0 Å². The van der Waals surface area contributed by atoms with Gasteiger partial charge in [0.15, 0.2) is 5.96 Å². The molecule has 62 valence electrons. The van der Waals surface area contributed by atoms with E-state index in [4.69, 9.17) is 5.73 Å². The summed E-state index contributed by atoms with van der Waals surface area (Å²) in [6.45, 7) is 4.02. The molecular weight excluding hydrogens is 142 g/mol. The summed E-state index contributed by atoms with van der Waals surface area (Å²) in [7, 11) is 0. The van der Waals surface area contributed by atoms with Gasteiger partial charge in [-0.1, -0.05) is 20.3 Å². The molecule has 0 aliphatic carbocycles. The highest BCUT2D eigenvalue weighted by atomic mass is 16.2. The number of nitrogens with zero attached hydrogens (tertiary/aromatic N) is 1. The van der Waals surface area contributed by atoms with Crippen molar-refractivity contribution in [2.75, 3.05) is 0 Å². The van der Waals surface area contributed by atoms with Crippen LogP contribution in [0.1, 0.15) is 20.3 Å². The first kappa shape index (κ1) is 8.04. The van der Waals surface area contributed by atoms with Crippen molar-refractivity contribution in [3.05, 3.63) is 0 Å². The molecule has 4 nitrogen and oxygen atoms in total. The largest absolute Gasteiger partial charge is 0.370 e. The molecule has 0 bridgehead atoms. The first-order chi connectivity index (χ1) is 5.15. The number of guanidine groups is 1. The minimum atomic E-state index is -0.264. The van der Waals surface area contributed by atoms with Crippen LogP contribution in [0.2, 0.25) is 0 Å². The number of carbonyl (C=O) groups is 1. The highest BCUT2D eigenvalue weighted by molar-refractivity contribution is 6.04. The molecule has 11 heavy (non-hydrogen) atoms. The molecular formula is C7H13N3O. The van der Waals surface area contributed by atoms with E-state index in [0.29, 0.717) is 0 Å². The molecule has 0 aromatic heterocycles. The van der Waals surface area contributed by atoms with Crippen LogP contribution in [0.3, 0.4) is 0 Å². The molecule has 0 aromatic carbocycles. The molecule has 0 saturated carbocycles. The molecule has 0 unspecified atom stereocenters. The second-order valence-electron chi connectivity index (χ2n) is 2.83. The lowest BCUT2D eigenvalue weighted by Gasteiger charge is -2.10. The maximum Gasteiger partial charge on any atom is 0.251 e. The predicted molar refractivity (Wildman–Crippen MR) is 43.0 cm³/mol. The van der Waals surface area contributed by atoms with Crippen molar-refractivity contribution in [2.45, 2.75) is 26.3 Å². The molecule has 0 fully saturated rings. The lowest BCUT2D eigenvalue weighted by atomic mass is 10.00. The molecule has 1 heterocycles. The molecule has 2 atom stereocenters. The van der Waals surface area contributed by atoms with Gasteiger partial charge < -0.3 is 5.73 Å². The highest BCUT2D eigenvalue weighted by Gasteiger charge is 2.28. The number of hydrogen-bond donors (Lipinski definition) is 2. The van der Waals surface area contributed by atoms with Gasteiger partial charge in [-0.05, 0) is 5.92 Å². The molecule has 0 spiro atoms. The summed E-state index contributed by atoms with van der Waals surface area (Å²) in [6.07, 6.45) is 0.939. The Balaban J connectivity index is 2.65. The van der Waals surface area contributed by atoms with E-state index in [1.54, 1.807) is 0 Å². The fourth-order valence-electron chi connectivity index (χ4n) is 1.05. The van der Waals surface area contributed by atoms with Gasteiger partial charge in [-0.2, -0.15) is 0 Å². The van der Waals surface area contributed by atoms with Crippen molar-refractivity contribution in [3.63, 3.8) is 0 Å². The third kappa shape index (κ3) is 1.50. The predicted octanol–water partition coefficient (Wildman–Crippen LogP) is -0.154. The van der Waals surface area contributed by atoms with Gasteiger partial charge in [0, 0.05) is 0 Å². The Bertz CT molecular complexity index is 200. The van der Waals surface area contributed by atoms with Crippen LogP contribution in [0.4, 0.5) is 0 Å². The van der Waals surface area contributed by atoms with Gasteiger partial charge in [0.2, 0.25) is 0 Å². The van der Waals surface area contributed by atoms with Gasteiger partial charge in [0.05, 0.1) is 0 Å². The zero-order valence-electron chi connectivity index (χ0n) is 6.79. The average Bonchev–Trinajstić information content (AvgIpc) is 2.28. The van der Waals surface area contributed by atoms with Crippen molar-refractivity contribution < 1.29 is 4.79 Å². The zero-order chi connectivity index (χ0) is 8.43. The number of rotatable bonds is 2. The summed E-state index contributed by atoms with van der Waals surface area (Å²) in [6, 6.07) is -0.264. The van der Waals surface area contributed by atoms with Crippen LogP contribution in [0.5, 0.6) is 0 Å². The summed E-state index contributed by atoms with van der Waals surface area (Å²) in [4.78, 5) is 15.1. The molecule has 1 rings (SSSR count). The lowest BCUT2D eigenvalue weighted by molar-refractivity contribution is -0.121. The number of aliphatic imine (C=N–C) groups is 1. The second-order valence-corrected chi connectivity index (χ2v) is 2.83. The van der Waals surface area contributed by atoms with Crippen LogP contribution >= 0.6 is 0 Å². The van der Waals surface area contributed by atoms with E-state index in [-0.39, 0.29) is 23.8 Å². The van der Waals surface area contributed by atoms with Gasteiger partial charge in [0.25, 0.3) is 5.91 Å². The number of nitrogens with two attached hydrogens (primary N) is 1. The monoisotopic (exact) mass is 155 g/mol. The summed E-state index contributed by atoms with van der Waals surface area (Å²) in [5.41, 5.74) is 5.33. The summed E-state index contributed by atoms with van der Waals surface area (Å²) >= 11 is 0. The maximum absolute atomic E-state index is 11.1. The van der Waals surface area contributed by atoms with Gasteiger partial charge in [-0.25, -0.2) is 4.99 Å². The Kier molecular flexibility index (Phi) is 2.12. The summed E-state index contributed by atoms with van der Waals surface area (Å²) < 4.78 is 0. The topological polar surface area (TPSA) is 67.5 Å². The van der Waals surface area contributed by atoms with Crippen LogP contribution < -0.4 is 11.1 Å². The van der Waals surface area contributed by atoms with Crippen LogP contribution in [0.25, 0.3) is 0 Å². The Morgan fingerprint density at radius 2 is 2.45 bits per heavy atom. The van der Waals surface area contributed by atoms with Gasteiger partial charge >= 0.3 is 0 Å². The standard InChI is InChI=1S/C7H13N3O/c1-3-4(2)5-6(11)10-7(8)9-5/h4-5H,3H2,1-2H3,(H3,8,9,10,11)/t4-,5-/m0/s1. The van der Waals surface area contributed by atoms with Crippen molar-refractivity contribution in [3.8, 4) is 0 Å². The molecule has 1 aliphatic rings. The molecule has 0 radical (unpaired) electrons. The maximum atomic E-state index is 11.1. The molecule has 1 amide bonds. The fourth-order valence-corrected chi connectivity index (χ4v) is 1.05. The van der Waals surface area contributed by atoms with Crippen molar-refractivity contribution in [1.29, 1.82) is 0 Å². The molecule has 4 heteroatoms. The third-order valence-electron chi connectivity index (χ3n) is 1.98. The summed E-state index contributed by atoms with van der Waals surface area (Å²) in [5.74, 6) is 0.452. The second kappa shape index (κ2) is 2.90. The zero-order valence-corrected chi connectivity index (χ0v) is 6.79. The Labute approximate surface area is 65.9 Å². The number of carbonyl (C=O) groups excluding carboxylic acids is 1. The van der Waals surface area contributed by atoms with Crippen LogP contribution in [-0.4, -0.2) is 17.9 Å². The van der Waals surface area contributed by atoms with E-state index < -0.39 is 0 Å². The van der Waals surface area contributed by atoms with Crippen molar-refractivity contribution in [2.24, 2.45) is 16.6 Å². The van der Waals surface area contributed by atoms with E-state index in [1.165, 1.54) is 0 Å². The minimum Gasteiger partial charge on any atom is -0.370 e. The Hall–Kier alpha value is -1.06. The average molecular weight is 155 g/mol. The van der Waals surface area contributed by atoms with Crippen molar-refractivity contribution in [1.82, 2.24) is 5.32 Å². The third-order valence-corrected chi connectivity index (χ3v) is 1.98. The Morgan fingerprint density at radius 1 is 1.82 bits per heavy atom. The first-order valence-electron chi connectivity index (χ1n) is 3.79. The minimum absolute atomic E-state index is 0.0724. The number of amides is 1. The molecule has 1 aliphatic heterocycles. The number of nitrogens with one attached hydrogen (secondary N) is 1. The normalized spacial score (nSPS) is 26.2. The highest BCUT2D eigenvalue weighted by Crippen LogP contribution is 2.13. The van der Waals surface area contributed by atoms with E-state index >= 15 is 0 Å². The smallest absolute Gasteiger partial charge is 0.251 e. The van der Waals surface area contributed by atoms with Crippen LogP contribution in [-0.2, 0) is 4.79 Å². The Morgan fingerprint density at radius 3 is 2.82 bits per heavy atom. The van der Waals surface area contributed by atoms with E-state index in [1.807, 2.05) is 13.8 Å². The quantitative estimate of drug-likeness (QED) is 0.582. The molecule has 0 aromatic rings. The van der Waals surface area contributed by atoms with Crippen LogP contribution in [0.15, 0.2) is 4.99 Å². The lowest BCUT2D eigenvalue weighted by Crippen LogP contribution is -2.34. The van der Waals surface area contributed by atoms with Gasteiger partial charge in [0.1, 0.15) is 6.04 Å². The van der Waals surface area contributed by atoms with E-state index in [2.05, 4.69) is 10.3 Å². The molecule has 3 N–H and O–H groups in total. The van der Waals surface area contributed by atoms with E-state index in [9.17, 15) is 4.79 Å². The van der Waals surface area contributed by atoms with Gasteiger partial charge in [-0.3, -0.25) is 10.1 Å². The van der Waals surface area contributed by atoms with E-state index in [0.717, 1.165) is 6.42 Å². The van der Waals surface area contributed by atoms with Crippen molar-refractivity contribution >= 4 is 11.9 Å². The first-order valence-corrected chi connectivity index (χ1v) is 3.79. The number of hydrogen-bond acceptors (Lipinski definition) is 3. The molecule has 0 saturated heterocycles. The van der Waals surface area contributed by atoms with Crippen LogP contribution in [0, 0.1) is 5.92 Å². The summed E-state index contributed by atoms with van der Waals surface area (Å²) in [5, 5.41) is 2.47.